The van der Waals surface area contributed by atoms with Crippen LogP contribution in [0.5, 0.6) is 0 Å². The maximum Gasteiger partial charge on any atom is 0.305 e. The molecule has 0 aliphatic heterocycles. The molecule has 0 aromatic rings. The highest BCUT2D eigenvalue weighted by Gasteiger charge is 2.19. The largest absolute Gasteiger partial charge is 0.481 e. The van der Waals surface area contributed by atoms with E-state index < -0.39 is 24.3 Å². The summed E-state index contributed by atoms with van der Waals surface area (Å²) in [6, 6.07) is -1.29. The van der Waals surface area contributed by atoms with Crippen LogP contribution in [0, 0.1) is 0 Å². The average molecular weight is 218 g/mol. The minimum Gasteiger partial charge on any atom is -0.481 e. The number of rotatable bonds is 7. The molecule has 0 saturated carbocycles. The highest BCUT2D eigenvalue weighted by Crippen LogP contribution is 1.92. The zero-order valence-corrected chi connectivity index (χ0v) is 8.48. The van der Waals surface area contributed by atoms with Gasteiger partial charge in [0.05, 0.1) is 12.5 Å². The molecule has 0 aromatic carbocycles. The highest BCUT2D eigenvalue weighted by molar-refractivity contribution is 5.86. The monoisotopic (exact) mass is 218 g/mol. The Balaban J connectivity index is 4.03. The molecule has 88 valence electrons. The summed E-state index contributed by atoms with van der Waals surface area (Å²) in [4.78, 5) is 21.6. The number of amides is 1. The van der Waals surface area contributed by atoms with Crippen molar-refractivity contribution in [2.75, 3.05) is 13.1 Å². The fourth-order valence-electron chi connectivity index (χ4n) is 1.04. The molecule has 0 bridgehead atoms. The van der Waals surface area contributed by atoms with E-state index in [9.17, 15) is 9.59 Å². The number of hydrogen-bond donors (Lipinski definition) is 5. The zero-order valence-electron chi connectivity index (χ0n) is 8.48. The van der Waals surface area contributed by atoms with Gasteiger partial charge in [0.25, 0.3) is 0 Å². The van der Waals surface area contributed by atoms with E-state index in [1.165, 1.54) is 0 Å². The molecule has 1 amide bonds. The van der Waals surface area contributed by atoms with Crippen LogP contribution in [0.4, 0.5) is 0 Å². The second-order valence-electron chi connectivity index (χ2n) is 3.22. The minimum absolute atomic E-state index is 0.248. The summed E-state index contributed by atoms with van der Waals surface area (Å²) in [5.41, 5.74) is 16.0. The first kappa shape index (κ1) is 13.8. The van der Waals surface area contributed by atoms with Crippen LogP contribution in [0.3, 0.4) is 0 Å². The smallest absolute Gasteiger partial charge is 0.305 e. The Morgan fingerprint density at radius 2 is 1.93 bits per heavy atom. The summed E-state index contributed by atoms with van der Waals surface area (Å²) in [5, 5.41) is 11.0. The Labute approximate surface area is 88.0 Å². The van der Waals surface area contributed by atoms with E-state index in [2.05, 4.69) is 5.32 Å². The van der Waals surface area contributed by atoms with Gasteiger partial charge in [-0.1, -0.05) is 0 Å². The Morgan fingerprint density at radius 3 is 2.33 bits per heavy atom. The van der Waals surface area contributed by atoms with Crippen molar-refractivity contribution in [1.29, 1.82) is 0 Å². The number of carbonyl (C=O) groups is 2. The Hall–Kier alpha value is -1.18. The van der Waals surface area contributed by atoms with Gasteiger partial charge in [0.1, 0.15) is 0 Å². The van der Waals surface area contributed by atoms with Crippen LogP contribution < -0.4 is 22.5 Å². The van der Waals surface area contributed by atoms with Crippen LogP contribution in [0.1, 0.15) is 12.8 Å². The molecule has 2 atom stereocenters. The lowest BCUT2D eigenvalue weighted by Crippen LogP contribution is -2.49. The molecule has 0 spiro atoms. The number of nitrogens with one attached hydrogen (secondary N) is 1. The first-order valence-electron chi connectivity index (χ1n) is 4.69. The van der Waals surface area contributed by atoms with Crippen LogP contribution in [0.15, 0.2) is 0 Å². The van der Waals surface area contributed by atoms with Crippen molar-refractivity contribution in [3.05, 3.63) is 0 Å². The molecule has 15 heavy (non-hydrogen) atoms. The van der Waals surface area contributed by atoms with E-state index in [1.807, 2.05) is 0 Å². The van der Waals surface area contributed by atoms with E-state index in [1.54, 1.807) is 0 Å². The topological polar surface area (TPSA) is 144 Å². The fraction of sp³-hybridized carbons (Fsp3) is 0.750. The van der Waals surface area contributed by atoms with Crippen molar-refractivity contribution >= 4 is 11.9 Å². The summed E-state index contributed by atoms with van der Waals surface area (Å²) < 4.78 is 0. The Kier molecular flexibility index (Phi) is 6.59. The molecule has 0 radical (unpaired) electrons. The van der Waals surface area contributed by atoms with Crippen molar-refractivity contribution < 1.29 is 14.7 Å². The van der Waals surface area contributed by atoms with Crippen LogP contribution in [0.25, 0.3) is 0 Å². The lowest BCUT2D eigenvalue weighted by molar-refractivity contribution is -0.139. The van der Waals surface area contributed by atoms with Gasteiger partial charge in [-0.05, 0) is 13.0 Å². The molecular formula is C8H18N4O3. The lowest BCUT2D eigenvalue weighted by atomic mass is 10.1. The predicted molar refractivity (Wildman–Crippen MR) is 54.9 cm³/mol. The quantitative estimate of drug-likeness (QED) is 0.321. The Bertz CT molecular complexity index is 222. The van der Waals surface area contributed by atoms with Gasteiger partial charge in [-0.15, -0.1) is 0 Å². The maximum absolute atomic E-state index is 11.3. The molecule has 1 unspecified atom stereocenters. The second-order valence-corrected chi connectivity index (χ2v) is 3.22. The van der Waals surface area contributed by atoms with Gasteiger partial charge in [0.2, 0.25) is 5.91 Å². The third-order valence-electron chi connectivity index (χ3n) is 1.88. The second kappa shape index (κ2) is 7.16. The van der Waals surface area contributed by atoms with Crippen molar-refractivity contribution in [2.24, 2.45) is 17.2 Å². The minimum atomic E-state index is -1.11. The molecule has 0 saturated heterocycles. The van der Waals surface area contributed by atoms with Gasteiger partial charge >= 0.3 is 5.97 Å². The number of carboxylic acids is 1. The first-order valence-corrected chi connectivity index (χ1v) is 4.69. The predicted octanol–water partition coefficient (Wildman–Crippen LogP) is -2.42. The van der Waals surface area contributed by atoms with E-state index in [0.29, 0.717) is 13.0 Å². The van der Waals surface area contributed by atoms with Crippen molar-refractivity contribution in [3.63, 3.8) is 0 Å². The molecule has 8 N–H and O–H groups in total. The molecule has 0 aromatic heterocycles. The van der Waals surface area contributed by atoms with Gasteiger partial charge < -0.3 is 27.6 Å². The van der Waals surface area contributed by atoms with Gasteiger partial charge in [-0.3, -0.25) is 9.59 Å². The fourth-order valence-corrected chi connectivity index (χ4v) is 1.04. The SMILES string of the molecule is NCCC(CN)NC(=O)[C@@H](N)CC(=O)O. The Morgan fingerprint density at radius 1 is 1.33 bits per heavy atom. The number of aliphatic carboxylic acids is 1. The van der Waals surface area contributed by atoms with E-state index in [4.69, 9.17) is 22.3 Å². The summed E-state index contributed by atoms with van der Waals surface area (Å²) in [5.74, 6) is -1.62. The maximum atomic E-state index is 11.3. The summed E-state index contributed by atoms with van der Waals surface area (Å²) in [6.45, 7) is 0.652. The number of carbonyl (C=O) groups excluding carboxylic acids is 1. The van der Waals surface area contributed by atoms with Gasteiger partial charge in [0.15, 0.2) is 0 Å². The molecule has 0 aliphatic carbocycles. The lowest BCUT2D eigenvalue weighted by Gasteiger charge is -2.18. The third kappa shape index (κ3) is 6.00. The van der Waals surface area contributed by atoms with Crippen molar-refractivity contribution in [2.45, 2.75) is 24.9 Å². The van der Waals surface area contributed by atoms with Gasteiger partial charge in [0, 0.05) is 12.6 Å². The summed E-state index contributed by atoms with van der Waals surface area (Å²) in [7, 11) is 0. The number of carboxylic acid groups (broad SMARTS) is 1. The molecular weight excluding hydrogens is 200 g/mol. The molecule has 0 rings (SSSR count). The standard InChI is InChI=1S/C8H18N4O3/c9-2-1-5(4-10)12-8(15)6(11)3-7(13)14/h5-6H,1-4,9-11H2,(H,12,15)(H,13,14)/t5?,6-/m0/s1. The van der Waals surface area contributed by atoms with E-state index >= 15 is 0 Å². The third-order valence-corrected chi connectivity index (χ3v) is 1.88. The first-order chi connectivity index (χ1) is 7.01. The zero-order chi connectivity index (χ0) is 11.8. The molecule has 0 aliphatic rings. The van der Waals surface area contributed by atoms with Gasteiger partial charge in [-0.2, -0.15) is 0 Å². The van der Waals surface area contributed by atoms with Crippen LogP contribution in [-0.2, 0) is 9.59 Å². The van der Waals surface area contributed by atoms with Crippen molar-refractivity contribution in [1.82, 2.24) is 5.32 Å². The average Bonchev–Trinajstić information content (AvgIpc) is 2.15. The van der Waals surface area contributed by atoms with Crippen LogP contribution >= 0.6 is 0 Å². The molecule has 7 heteroatoms. The van der Waals surface area contributed by atoms with Crippen LogP contribution in [0.2, 0.25) is 0 Å². The van der Waals surface area contributed by atoms with Crippen molar-refractivity contribution in [3.8, 4) is 0 Å². The molecule has 0 fully saturated rings. The summed E-state index contributed by atoms with van der Waals surface area (Å²) in [6.07, 6.45) is 0.147. The normalized spacial score (nSPS) is 14.3. The molecule has 0 heterocycles. The van der Waals surface area contributed by atoms with E-state index in [-0.39, 0.29) is 12.6 Å². The highest BCUT2D eigenvalue weighted by atomic mass is 16.4. The molecule has 7 nitrogen and oxygen atoms in total. The summed E-state index contributed by atoms with van der Waals surface area (Å²) >= 11 is 0. The number of nitrogens with two attached hydrogens (primary N) is 3. The van der Waals surface area contributed by atoms with Gasteiger partial charge in [-0.25, -0.2) is 0 Å². The van der Waals surface area contributed by atoms with Crippen LogP contribution in [-0.4, -0.2) is 42.2 Å². The number of hydrogen-bond acceptors (Lipinski definition) is 5. The van der Waals surface area contributed by atoms with E-state index in [0.717, 1.165) is 0 Å².